The van der Waals surface area contributed by atoms with Crippen LogP contribution in [-0.2, 0) is 0 Å². The highest BCUT2D eigenvalue weighted by Gasteiger charge is 2.14. The Morgan fingerprint density at radius 2 is 1.95 bits per heavy atom. The van der Waals surface area contributed by atoms with Gasteiger partial charge in [0, 0.05) is 13.0 Å². The smallest absolute Gasteiger partial charge is 0.166 e. The van der Waals surface area contributed by atoms with Crippen LogP contribution in [0.2, 0.25) is 0 Å². The Bertz CT molecular complexity index is 428. The van der Waals surface area contributed by atoms with E-state index in [1.165, 1.54) is 0 Å². The number of para-hydroxylation sites is 1. The number of anilines is 1. The van der Waals surface area contributed by atoms with E-state index < -0.39 is 0 Å². The van der Waals surface area contributed by atoms with Crippen LogP contribution in [0.15, 0.2) is 18.2 Å². The maximum absolute atomic E-state index is 12.1. The zero-order chi connectivity index (χ0) is 15.0. The second-order valence-corrected chi connectivity index (χ2v) is 4.77. The molecule has 0 saturated heterocycles. The van der Waals surface area contributed by atoms with Gasteiger partial charge in [0.1, 0.15) is 6.61 Å². The van der Waals surface area contributed by atoms with E-state index in [9.17, 15) is 4.79 Å². The molecule has 20 heavy (non-hydrogen) atoms. The van der Waals surface area contributed by atoms with Crippen molar-refractivity contribution in [3.63, 3.8) is 0 Å². The normalized spacial score (nSPS) is 10.8. The quantitative estimate of drug-likeness (QED) is 0.557. The summed E-state index contributed by atoms with van der Waals surface area (Å²) in [5, 5.41) is 0. The summed E-state index contributed by atoms with van der Waals surface area (Å²) in [5.41, 5.74) is 7.08. The van der Waals surface area contributed by atoms with Crippen LogP contribution in [-0.4, -0.2) is 36.9 Å². The number of hydrogen-bond donors (Lipinski definition) is 1. The average molecular weight is 278 g/mol. The Labute approximate surface area is 121 Å². The van der Waals surface area contributed by atoms with Gasteiger partial charge in [-0.3, -0.25) is 4.79 Å². The van der Waals surface area contributed by atoms with Crippen LogP contribution in [0.1, 0.15) is 44.0 Å². The van der Waals surface area contributed by atoms with Crippen LogP contribution in [0, 0.1) is 0 Å². The van der Waals surface area contributed by atoms with E-state index in [1.54, 1.807) is 18.2 Å². The van der Waals surface area contributed by atoms with Crippen LogP contribution >= 0.6 is 0 Å². The highest BCUT2D eigenvalue weighted by atomic mass is 16.5. The zero-order valence-electron chi connectivity index (χ0n) is 12.8. The Hall–Kier alpha value is -1.55. The molecule has 0 aliphatic rings. The van der Waals surface area contributed by atoms with Crippen molar-refractivity contribution in [2.45, 2.75) is 33.6 Å². The standard InChI is InChI=1S/C16H26N2O2/c1-4-8-15(19)13-9-7-10-14(17)16(13)20-12-11-18(5-2)6-3/h7,9-10H,4-6,8,11-12,17H2,1-3H3. The molecule has 2 N–H and O–H groups in total. The maximum atomic E-state index is 12.1. The topological polar surface area (TPSA) is 55.6 Å². The van der Waals surface area contributed by atoms with Crippen LogP contribution in [0.5, 0.6) is 5.75 Å². The first kappa shape index (κ1) is 16.5. The summed E-state index contributed by atoms with van der Waals surface area (Å²) in [6.45, 7) is 9.60. The van der Waals surface area contributed by atoms with Gasteiger partial charge >= 0.3 is 0 Å². The van der Waals surface area contributed by atoms with Crippen molar-refractivity contribution in [2.75, 3.05) is 32.0 Å². The molecule has 1 rings (SSSR count). The number of ether oxygens (including phenoxy) is 1. The lowest BCUT2D eigenvalue weighted by atomic mass is 10.0. The second kappa shape index (κ2) is 8.59. The highest BCUT2D eigenvalue weighted by Crippen LogP contribution is 2.27. The van der Waals surface area contributed by atoms with Gasteiger partial charge in [0.15, 0.2) is 11.5 Å². The minimum atomic E-state index is 0.0950. The molecule has 4 heteroatoms. The number of nitrogens with zero attached hydrogens (tertiary/aromatic N) is 1. The molecular formula is C16H26N2O2. The van der Waals surface area contributed by atoms with Crippen LogP contribution in [0.3, 0.4) is 0 Å². The van der Waals surface area contributed by atoms with Crippen molar-refractivity contribution in [3.05, 3.63) is 23.8 Å². The number of carbonyl (C=O) groups excluding carboxylic acids is 1. The van der Waals surface area contributed by atoms with Crippen molar-refractivity contribution in [1.29, 1.82) is 0 Å². The Morgan fingerprint density at radius 1 is 1.25 bits per heavy atom. The molecule has 0 fully saturated rings. The zero-order valence-corrected chi connectivity index (χ0v) is 12.8. The number of nitrogen functional groups attached to an aromatic ring is 1. The molecule has 1 aromatic carbocycles. The first-order valence-electron chi connectivity index (χ1n) is 7.40. The summed E-state index contributed by atoms with van der Waals surface area (Å²) in [5.74, 6) is 0.635. The summed E-state index contributed by atoms with van der Waals surface area (Å²) in [7, 11) is 0. The van der Waals surface area contributed by atoms with Gasteiger partial charge in [0.2, 0.25) is 0 Å². The van der Waals surface area contributed by atoms with Gasteiger partial charge in [-0.25, -0.2) is 0 Å². The van der Waals surface area contributed by atoms with E-state index in [1.807, 2.05) is 6.92 Å². The lowest BCUT2D eigenvalue weighted by molar-refractivity contribution is 0.0977. The third-order valence-electron chi connectivity index (χ3n) is 3.37. The molecule has 1 aromatic rings. The van der Waals surface area contributed by atoms with E-state index in [0.29, 0.717) is 30.0 Å². The van der Waals surface area contributed by atoms with E-state index >= 15 is 0 Å². The predicted octanol–water partition coefficient (Wildman–Crippen LogP) is 2.97. The fourth-order valence-electron chi connectivity index (χ4n) is 2.11. The van der Waals surface area contributed by atoms with Gasteiger partial charge < -0.3 is 15.4 Å². The molecule has 112 valence electrons. The summed E-state index contributed by atoms with van der Waals surface area (Å²) >= 11 is 0. The minimum Gasteiger partial charge on any atom is -0.489 e. The monoisotopic (exact) mass is 278 g/mol. The Kier molecular flexibility index (Phi) is 7.09. The predicted molar refractivity (Wildman–Crippen MR) is 83.4 cm³/mol. The summed E-state index contributed by atoms with van der Waals surface area (Å²) in [4.78, 5) is 14.4. The van der Waals surface area contributed by atoms with Crippen molar-refractivity contribution in [1.82, 2.24) is 4.90 Å². The average Bonchev–Trinajstić information content (AvgIpc) is 2.45. The third kappa shape index (κ3) is 4.53. The number of nitrogens with two attached hydrogens (primary N) is 1. The SMILES string of the molecule is CCCC(=O)c1cccc(N)c1OCCN(CC)CC. The number of carbonyl (C=O) groups is 1. The van der Waals surface area contributed by atoms with Crippen LogP contribution in [0.4, 0.5) is 5.69 Å². The molecule has 0 heterocycles. The molecule has 0 aliphatic carbocycles. The van der Waals surface area contributed by atoms with E-state index in [-0.39, 0.29) is 5.78 Å². The van der Waals surface area contributed by atoms with Gasteiger partial charge in [0.25, 0.3) is 0 Å². The van der Waals surface area contributed by atoms with E-state index in [0.717, 1.165) is 26.1 Å². The fourth-order valence-corrected chi connectivity index (χ4v) is 2.11. The van der Waals surface area contributed by atoms with Crippen molar-refractivity contribution < 1.29 is 9.53 Å². The number of Topliss-reactive ketones (excluding diaryl/α,β-unsaturated/α-hetero) is 1. The number of likely N-dealkylation sites (N-methyl/N-ethyl adjacent to an activating group) is 1. The Morgan fingerprint density at radius 3 is 2.55 bits per heavy atom. The molecule has 0 bridgehead atoms. The molecule has 0 amide bonds. The van der Waals surface area contributed by atoms with Crippen molar-refractivity contribution in [3.8, 4) is 5.75 Å². The third-order valence-corrected chi connectivity index (χ3v) is 3.37. The molecule has 0 saturated carbocycles. The highest BCUT2D eigenvalue weighted by molar-refractivity contribution is 6.00. The minimum absolute atomic E-state index is 0.0950. The number of benzene rings is 1. The van der Waals surface area contributed by atoms with Crippen LogP contribution < -0.4 is 10.5 Å². The molecule has 0 atom stereocenters. The molecular weight excluding hydrogens is 252 g/mol. The van der Waals surface area contributed by atoms with Gasteiger partial charge in [-0.2, -0.15) is 0 Å². The van der Waals surface area contributed by atoms with Gasteiger partial charge in [0.05, 0.1) is 11.3 Å². The second-order valence-electron chi connectivity index (χ2n) is 4.77. The van der Waals surface area contributed by atoms with E-state index in [4.69, 9.17) is 10.5 Å². The number of hydrogen-bond acceptors (Lipinski definition) is 4. The summed E-state index contributed by atoms with van der Waals surface area (Å²) < 4.78 is 5.78. The molecule has 0 radical (unpaired) electrons. The lowest BCUT2D eigenvalue weighted by Gasteiger charge is -2.19. The summed E-state index contributed by atoms with van der Waals surface area (Å²) in [6.07, 6.45) is 1.35. The number of ketones is 1. The van der Waals surface area contributed by atoms with Crippen LogP contribution in [0.25, 0.3) is 0 Å². The molecule has 0 unspecified atom stereocenters. The van der Waals surface area contributed by atoms with Crippen molar-refractivity contribution in [2.24, 2.45) is 0 Å². The Balaban J connectivity index is 2.75. The van der Waals surface area contributed by atoms with E-state index in [2.05, 4.69) is 18.7 Å². The van der Waals surface area contributed by atoms with Gasteiger partial charge in [-0.05, 0) is 31.6 Å². The summed E-state index contributed by atoms with van der Waals surface area (Å²) in [6, 6.07) is 5.37. The lowest BCUT2D eigenvalue weighted by Crippen LogP contribution is -2.28. The first-order chi connectivity index (χ1) is 9.63. The van der Waals surface area contributed by atoms with Gasteiger partial charge in [-0.1, -0.05) is 26.8 Å². The first-order valence-corrected chi connectivity index (χ1v) is 7.40. The molecule has 0 aliphatic heterocycles. The fraction of sp³-hybridized carbons (Fsp3) is 0.562. The number of rotatable bonds is 9. The largest absolute Gasteiger partial charge is 0.489 e. The molecule has 0 spiro atoms. The molecule has 0 aromatic heterocycles. The maximum Gasteiger partial charge on any atom is 0.166 e. The molecule has 4 nitrogen and oxygen atoms in total. The van der Waals surface area contributed by atoms with Gasteiger partial charge in [-0.15, -0.1) is 0 Å². The van der Waals surface area contributed by atoms with Crippen molar-refractivity contribution >= 4 is 11.5 Å².